The molecular formula is C45H33N. The smallest absolute Gasteiger partial charge is 0.0618 e. The van der Waals surface area contributed by atoms with E-state index in [1.54, 1.807) is 0 Å². The molecule has 1 aliphatic carbocycles. The molecule has 1 aliphatic rings. The second-order valence-electron chi connectivity index (χ2n) is 13.0. The molecule has 0 fully saturated rings. The molecule has 218 valence electrons. The zero-order valence-electron chi connectivity index (χ0n) is 26.0. The Hall–Kier alpha value is -5.66. The van der Waals surface area contributed by atoms with Crippen molar-refractivity contribution in [1.82, 2.24) is 0 Å². The van der Waals surface area contributed by atoms with E-state index in [4.69, 9.17) is 0 Å². The van der Waals surface area contributed by atoms with Gasteiger partial charge in [0, 0.05) is 27.7 Å². The maximum Gasteiger partial charge on any atom is 0.0618 e. The Morgan fingerprint density at radius 2 is 1.02 bits per heavy atom. The summed E-state index contributed by atoms with van der Waals surface area (Å²) < 4.78 is 0. The fraction of sp³-hybridized carbons (Fsp3) is 0.0667. The topological polar surface area (TPSA) is 3.24 Å². The highest BCUT2D eigenvalue weighted by atomic mass is 15.1. The minimum absolute atomic E-state index is 0.0828. The number of fused-ring (bicyclic) bond motifs is 7. The third kappa shape index (κ3) is 4.02. The summed E-state index contributed by atoms with van der Waals surface area (Å²) in [6.07, 6.45) is 0. The summed E-state index contributed by atoms with van der Waals surface area (Å²) in [6.45, 7) is 4.73. The van der Waals surface area contributed by atoms with E-state index >= 15 is 0 Å². The first-order chi connectivity index (χ1) is 22.6. The fourth-order valence-corrected chi connectivity index (χ4v) is 7.72. The molecule has 0 atom stereocenters. The van der Waals surface area contributed by atoms with E-state index in [-0.39, 0.29) is 5.41 Å². The predicted molar refractivity (Wildman–Crippen MR) is 197 cm³/mol. The van der Waals surface area contributed by atoms with E-state index in [1.165, 1.54) is 71.4 Å². The van der Waals surface area contributed by atoms with Crippen LogP contribution in [-0.2, 0) is 5.41 Å². The second kappa shape index (κ2) is 10.2. The number of nitrogens with zero attached hydrogens (tertiary/aromatic N) is 1. The molecule has 1 nitrogen and oxygen atoms in total. The SMILES string of the molecule is CC1(C)c2ccc(N(c3ccccc3)c3c(-c4ccc5ccccc5c4)ccc4ccccc34)cc2-c2c1ccc1ccccc21. The maximum atomic E-state index is 2.48. The van der Waals surface area contributed by atoms with Crippen molar-refractivity contribution in [1.29, 1.82) is 0 Å². The Kier molecular flexibility index (Phi) is 5.92. The lowest BCUT2D eigenvalue weighted by atomic mass is 9.82. The molecule has 1 heteroatoms. The molecule has 0 heterocycles. The summed E-state index contributed by atoms with van der Waals surface area (Å²) in [7, 11) is 0. The second-order valence-corrected chi connectivity index (χ2v) is 13.0. The van der Waals surface area contributed by atoms with Gasteiger partial charge < -0.3 is 4.90 Å². The van der Waals surface area contributed by atoms with Crippen molar-refractivity contribution in [3.63, 3.8) is 0 Å². The van der Waals surface area contributed by atoms with Crippen molar-refractivity contribution in [2.75, 3.05) is 4.90 Å². The molecule has 0 aromatic heterocycles. The number of benzene rings is 8. The van der Waals surface area contributed by atoms with Crippen LogP contribution in [0.2, 0.25) is 0 Å². The van der Waals surface area contributed by atoms with Gasteiger partial charge in [-0.05, 0) is 85.1 Å². The monoisotopic (exact) mass is 587 g/mol. The van der Waals surface area contributed by atoms with Crippen LogP contribution in [0.1, 0.15) is 25.0 Å². The first kappa shape index (κ1) is 26.7. The molecule has 8 aromatic carbocycles. The van der Waals surface area contributed by atoms with E-state index in [0.29, 0.717) is 0 Å². The molecule has 0 saturated carbocycles. The quantitative estimate of drug-likeness (QED) is 0.198. The average molecular weight is 588 g/mol. The van der Waals surface area contributed by atoms with E-state index in [9.17, 15) is 0 Å². The van der Waals surface area contributed by atoms with Crippen LogP contribution in [0.4, 0.5) is 17.1 Å². The van der Waals surface area contributed by atoms with Crippen molar-refractivity contribution < 1.29 is 0 Å². The summed E-state index contributed by atoms with van der Waals surface area (Å²) >= 11 is 0. The van der Waals surface area contributed by atoms with E-state index in [1.807, 2.05) is 0 Å². The van der Waals surface area contributed by atoms with Gasteiger partial charge in [0.25, 0.3) is 0 Å². The lowest BCUT2D eigenvalue weighted by Crippen LogP contribution is -2.15. The highest BCUT2D eigenvalue weighted by Crippen LogP contribution is 2.54. The Balaban J connectivity index is 1.35. The van der Waals surface area contributed by atoms with Gasteiger partial charge in [-0.25, -0.2) is 0 Å². The molecule has 0 radical (unpaired) electrons. The molecule has 46 heavy (non-hydrogen) atoms. The largest absolute Gasteiger partial charge is 0.309 e. The molecule has 0 aliphatic heterocycles. The van der Waals surface area contributed by atoms with Crippen LogP contribution in [0.3, 0.4) is 0 Å². The minimum atomic E-state index is -0.0828. The highest BCUT2D eigenvalue weighted by molar-refractivity contribution is 6.08. The lowest BCUT2D eigenvalue weighted by Gasteiger charge is -2.30. The normalized spacial score (nSPS) is 13.2. The Labute approximate surface area is 270 Å². The zero-order chi connectivity index (χ0) is 30.8. The van der Waals surface area contributed by atoms with Crippen LogP contribution < -0.4 is 4.90 Å². The van der Waals surface area contributed by atoms with Gasteiger partial charge in [0.1, 0.15) is 0 Å². The van der Waals surface area contributed by atoms with Crippen molar-refractivity contribution >= 4 is 49.4 Å². The summed E-state index contributed by atoms with van der Waals surface area (Å²) in [5, 5.41) is 7.54. The fourth-order valence-electron chi connectivity index (χ4n) is 7.72. The molecule has 0 saturated heterocycles. The number of hydrogen-bond acceptors (Lipinski definition) is 1. The summed E-state index contributed by atoms with van der Waals surface area (Å²) in [5.41, 5.74) is 11.3. The van der Waals surface area contributed by atoms with Crippen LogP contribution >= 0.6 is 0 Å². The van der Waals surface area contributed by atoms with Crippen LogP contribution in [-0.4, -0.2) is 0 Å². The van der Waals surface area contributed by atoms with Crippen LogP contribution in [0.15, 0.2) is 164 Å². The first-order valence-electron chi connectivity index (χ1n) is 16.1. The lowest BCUT2D eigenvalue weighted by molar-refractivity contribution is 0.661. The maximum absolute atomic E-state index is 2.48. The Morgan fingerprint density at radius 1 is 0.413 bits per heavy atom. The van der Waals surface area contributed by atoms with Gasteiger partial charge in [-0.1, -0.05) is 147 Å². The minimum Gasteiger partial charge on any atom is -0.309 e. The number of para-hydroxylation sites is 1. The van der Waals surface area contributed by atoms with Gasteiger partial charge in [0.15, 0.2) is 0 Å². The third-order valence-corrected chi connectivity index (χ3v) is 10.0. The third-order valence-electron chi connectivity index (χ3n) is 10.0. The molecule has 0 unspecified atom stereocenters. The highest BCUT2D eigenvalue weighted by Gasteiger charge is 2.37. The van der Waals surface area contributed by atoms with E-state index in [0.717, 1.165) is 11.4 Å². The van der Waals surface area contributed by atoms with Gasteiger partial charge >= 0.3 is 0 Å². The van der Waals surface area contributed by atoms with Crippen LogP contribution in [0, 0.1) is 0 Å². The van der Waals surface area contributed by atoms with Crippen molar-refractivity contribution in [2.45, 2.75) is 19.3 Å². The van der Waals surface area contributed by atoms with Gasteiger partial charge in [-0.15, -0.1) is 0 Å². The Bertz CT molecular complexity index is 2450. The summed E-state index contributed by atoms with van der Waals surface area (Å²) in [4.78, 5) is 2.48. The van der Waals surface area contributed by atoms with Crippen molar-refractivity contribution in [3.05, 3.63) is 175 Å². The molecule has 9 rings (SSSR count). The van der Waals surface area contributed by atoms with E-state index < -0.39 is 0 Å². The number of rotatable bonds is 4. The molecular weight excluding hydrogens is 555 g/mol. The van der Waals surface area contributed by atoms with Gasteiger partial charge in [0.2, 0.25) is 0 Å². The average Bonchev–Trinajstić information content (AvgIpc) is 3.34. The molecule has 0 spiro atoms. The summed E-state index contributed by atoms with van der Waals surface area (Å²) in [5.74, 6) is 0. The van der Waals surface area contributed by atoms with Gasteiger partial charge in [0.05, 0.1) is 5.69 Å². The predicted octanol–water partition coefficient (Wildman–Crippen LogP) is 12.6. The van der Waals surface area contributed by atoms with Gasteiger partial charge in [-0.3, -0.25) is 0 Å². The number of anilines is 3. The molecule has 0 bridgehead atoms. The standard InChI is InChI=1S/C45H33N/c1-45(2)41-27-24-36(29-40(41)43-37-18-10-8-13-31(37)23-26-42(43)45)46(35-16-4-3-5-17-35)44-38-19-11-9-14-32(38)22-25-39(44)34-21-20-30-12-6-7-15-33(30)28-34/h3-29H,1-2H3. The van der Waals surface area contributed by atoms with Crippen LogP contribution in [0.5, 0.6) is 0 Å². The van der Waals surface area contributed by atoms with E-state index in [2.05, 4.69) is 183 Å². The van der Waals surface area contributed by atoms with Crippen molar-refractivity contribution in [2.24, 2.45) is 0 Å². The van der Waals surface area contributed by atoms with Crippen molar-refractivity contribution in [3.8, 4) is 22.3 Å². The van der Waals surface area contributed by atoms with Crippen LogP contribution in [0.25, 0.3) is 54.6 Å². The molecule has 0 N–H and O–H groups in total. The summed E-state index contributed by atoms with van der Waals surface area (Å²) in [6, 6.07) is 60.2. The molecule has 8 aromatic rings. The Morgan fingerprint density at radius 3 is 1.83 bits per heavy atom. The van der Waals surface area contributed by atoms with Gasteiger partial charge in [-0.2, -0.15) is 0 Å². The first-order valence-corrected chi connectivity index (χ1v) is 16.1. The zero-order valence-corrected chi connectivity index (χ0v) is 26.0. The molecule has 0 amide bonds. The number of hydrogen-bond donors (Lipinski definition) is 0.